The van der Waals surface area contributed by atoms with Crippen LogP contribution in [0.2, 0.25) is 0 Å². The molecule has 0 spiro atoms. The summed E-state index contributed by atoms with van der Waals surface area (Å²) in [5.74, 6) is 0.165. The third-order valence-electron chi connectivity index (χ3n) is 3.05. The number of carbonyl (C=O) groups is 1. The van der Waals surface area contributed by atoms with Gasteiger partial charge in [-0.3, -0.25) is 14.6 Å². The Morgan fingerprint density at radius 2 is 1.91 bits per heavy atom. The minimum Gasteiger partial charge on any atom is -0.311 e. The first-order chi connectivity index (χ1) is 10.9. The average molecular weight is 333 g/mol. The van der Waals surface area contributed by atoms with Gasteiger partial charge in [0.15, 0.2) is 0 Å². The van der Waals surface area contributed by atoms with Crippen molar-refractivity contribution in [3.05, 3.63) is 56.7 Å². The van der Waals surface area contributed by atoms with Crippen LogP contribution in [0.15, 0.2) is 39.9 Å². The van der Waals surface area contributed by atoms with Gasteiger partial charge in [-0.15, -0.1) is 11.8 Å². The van der Waals surface area contributed by atoms with Gasteiger partial charge in [-0.1, -0.05) is 31.5 Å². The van der Waals surface area contributed by atoms with E-state index in [1.54, 1.807) is 12.1 Å². The van der Waals surface area contributed by atoms with Crippen LogP contribution in [0, 0.1) is 6.92 Å². The molecule has 1 heterocycles. The van der Waals surface area contributed by atoms with Crippen molar-refractivity contribution >= 4 is 23.5 Å². The van der Waals surface area contributed by atoms with E-state index >= 15 is 0 Å². The number of H-pyrrole nitrogens is 1. The molecule has 0 fully saturated rings. The van der Waals surface area contributed by atoms with Gasteiger partial charge in [-0.25, -0.2) is 9.36 Å². The summed E-state index contributed by atoms with van der Waals surface area (Å²) in [4.78, 5) is 37.9. The number of aryl methyl sites for hydroxylation is 1. The number of hydrogen-bond acceptors (Lipinski definition) is 4. The topological polar surface area (TPSA) is 84.0 Å². The number of thioether (sulfide) groups is 1. The molecule has 6 nitrogen and oxygen atoms in total. The van der Waals surface area contributed by atoms with Crippen LogP contribution in [0.5, 0.6) is 0 Å². The lowest BCUT2D eigenvalue weighted by molar-refractivity contribution is -0.113. The van der Waals surface area contributed by atoms with E-state index in [1.165, 1.54) is 22.4 Å². The van der Waals surface area contributed by atoms with Crippen molar-refractivity contribution in [2.75, 3.05) is 11.1 Å². The molecule has 0 bridgehead atoms. The van der Waals surface area contributed by atoms with Crippen molar-refractivity contribution in [3.63, 3.8) is 0 Å². The molecule has 1 aromatic heterocycles. The predicted molar refractivity (Wildman–Crippen MR) is 93.6 cm³/mol. The number of amides is 1. The molecule has 0 saturated carbocycles. The molecular formula is C16H19N3O3S. The first kappa shape index (κ1) is 17.1. The van der Waals surface area contributed by atoms with Gasteiger partial charge in [0, 0.05) is 6.07 Å². The Balaban J connectivity index is 2.38. The lowest BCUT2D eigenvalue weighted by atomic mass is 10.2. The molecule has 0 saturated heterocycles. The molecule has 7 heteroatoms. The van der Waals surface area contributed by atoms with Crippen LogP contribution in [0.4, 0.5) is 5.82 Å². The number of nitrogens with zero attached hydrogens (tertiary/aromatic N) is 1. The number of benzene rings is 1. The molecule has 0 atom stereocenters. The maximum absolute atomic E-state index is 12.1. The Bertz CT molecular complexity index is 807. The molecule has 0 aliphatic heterocycles. The molecule has 23 heavy (non-hydrogen) atoms. The SMILES string of the molecule is Cc1ccc(-n2c(NC(=O)CSC(C)C)cc(=O)[nH]c2=O)cc1. The van der Waals surface area contributed by atoms with Gasteiger partial charge < -0.3 is 5.32 Å². The Morgan fingerprint density at radius 3 is 2.52 bits per heavy atom. The second-order valence-electron chi connectivity index (χ2n) is 5.40. The number of anilines is 1. The van der Waals surface area contributed by atoms with Gasteiger partial charge >= 0.3 is 5.69 Å². The van der Waals surface area contributed by atoms with E-state index in [0.29, 0.717) is 10.9 Å². The van der Waals surface area contributed by atoms with Gasteiger partial charge in [-0.05, 0) is 24.3 Å². The summed E-state index contributed by atoms with van der Waals surface area (Å²) >= 11 is 1.49. The smallest absolute Gasteiger partial charge is 0.311 e. The predicted octanol–water partition coefficient (Wildman–Crippen LogP) is 1.91. The third kappa shape index (κ3) is 4.59. The molecule has 2 N–H and O–H groups in total. The summed E-state index contributed by atoms with van der Waals surface area (Å²) in [7, 11) is 0. The van der Waals surface area contributed by atoms with Crippen LogP contribution >= 0.6 is 11.8 Å². The number of aromatic amines is 1. The summed E-state index contributed by atoms with van der Waals surface area (Å²) < 4.78 is 1.28. The van der Waals surface area contributed by atoms with E-state index in [1.807, 2.05) is 32.9 Å². The van der Waals surface area contributed by atoms with Crippen LogP contribution in [0.25, 0.3) is 5.69 Å². The average Bonchev–Trinajstić information content (AvgIpc) is 2.46. The zero-order valence-electron chi connectivity index (χ0n) is 13.3. The van der Waals surface area contributed by atoms with Gasteiger partial charge in [-0.2, -0.15) is 0 Å². The minimum atomic E-state index is -0.590. The first-order valence-electron chi connectivity index (χ1n) is 7.21. The molecule has 2 aromatic rings. The van der Waals surface area contributed by atoms with Crippen LogP contribution < -0.4 is 16.6 Å². The van der Waals surface area contributed by atoms with Crippen LogP contribution in [-0.2, 0) is 4.79 Å². The summed E-state index contributed by atoms with van der Waals surface area (Å²) in [6, 6.07) is 8.43. The second-order valence-corrected chi connectivity index (χ2v) is 6.97. The van der Waals surface area contributed by atoms with E-state index in [9.17, 15) is 14.4 Å². The lowest BCUT2D eigenvalue weighted by Crippen LogP contribution is -2.32. The van der Waals surface area contributed by atoms with E-state index in [-0.39, 0.29) is 17.5 Å². The Morgan fingerprint density at radius 1 is 1.26 bits per heavy atom. The second kappa shape index (κ2) is 7.32. The van der Waals surface area contributed by atoms with Gasteiger partial charge in [0.05, 0.1) is 11.4 Å². The van der Waals surface area contributed by atoms with E-state index in [0.717, 1.165) is 5.56 Å². The van der Waals surface area contributed by atoms with Crippen LogP contribution in [0.3, 0.4) is 0 Å². The van der Waals surface area contributed by atoms with Crippen molar-refractivity contribution in [2.24, 2.45) is 0 Å². The van der Waals surface area contributed by atoms with Crippen molar-refractivity contribution in [1.29, 1.82) is 0 Å². The van der Waals surface area contributed by atoms with Crippen molar-refractivity contribution in [1.82, 2.24) is 9.55 Å². The maximum atomic E-state index is 12.1. The Hall–Kier alpha value is -2.28. The Kier molecular flexibility index (Phi) is 5.44. The fourth-order valence-electron chi connectivity index (χ4n) is 1.96. The monoisotopic (exact) mass is 333 g/mol. The number of carbonyl (C=O) groups excluding carboxylic acids is 1. The molecule has 1 aromatic carbocycles. The Labute approximate surface area is 137 Å². The highest BCUT2D eigenvalue weighted by molar-refractivity contribution is 8.00. The number of rotatable bonds is 5. The van der Waals surface area contributed by atoms with E-state index in [2.05, 4.69) is 10.3 Å². The zero-order valence-corrected chi connectivity index (χ0v) is 14.1. The third-order valence-corrected chi connectivity index (χ3v) is 4.14. The molecule has 2 rings (SSSR count). The summed E-state index contributed by atoms with van der Waals surface area (Å²) in [6.45, 7) is 5.92. The highest BCUT2D eigenvalue weighted by Crippen LogP contribution is 2.14. The van der Waals surface area contributed by atoms with Crippen LogP contribution in [0.1, 0.15) is 19.4 Å². The fourth-order valence-corrected chi connectivity index (χ4v) is 2.52. The fraction of sp³-hybridized carbons (Fsp3) is 0.312. The molecule has 0 unspecified atom stereocenters. The number of aromatic nitrogens is 2. The van der Waals surface area contributed by atoms with Crippen molar-refractivity contribution in [3.8, 4) is 5.69 Å². The lowest BCUT2D eigenvalue weighted by Gasteiger charge is -2.13. The van der Waals surface area contributed by atoms with Gasteiger partial charge in [0.1, 0.15) is 5.82 Å². The van der Waals surface area contributed by atoms with E-state index < -0.39 is 11.2 Å². The highest BCUT2D eigenvalue weighted by atomic mass is 32.2. The molecule has 0 radical (unpaired) electrons. The largest absolute Gasteiger partial charge is 0.334 e. The normalized spacial score (nSPS) is 10.8. The van der Waals surface area contributed by atoms with Gasteiger partial charge in [0.2, 0.25) is 5.91 Å². The number of hydrogen-bond donors (Lipinski definition) is 2. The van der Waals surface area contributed by atoms with Crippen molar-refractivity contribution in [2.45, 2.75) is 26.0 Å². The van der Waals surface area contributed by atoms with E-state index in [4.69, 9.17) is 0 Å². The maximum Gasteiger partial charge on any atom is 0.334 e. The minimum absolute atomic E-state index is 0.164. The first-order valence-corrected chi connectivity index (χ1v) is 8.26. The quantitative estimate of drug-likeness (QED) is 0.875. The zero-order chi connectivity index (χ0) is 17.0. The summed E-state index contributed by atoms with van der Waals surface area (Å²) in [6.07, 6.45) is 0. The van der Waals surface area contributed by atoms with Crippen molar-refractivity contribution < 1.29 is 4.79 Å². The standard InChI is InChI=1S/C16H19N3O3S/c1-10(2)23-9-15(21)17-13-8-14(20)18-16(22)19(13)12-6-4-11(3)5-7-12/h4-8,10H,9H2,1-3H3,(H,17,21)(H,18,20,22). The number of nitrogens with one attached hydrogen (secondary N) is 2. The summed E-state index contributed by atoms with van der Waals surface area (Å²) in [5.41, 5.74) is 0.479. The molecule has 1 amide bonds. The molecule has 0 aliphatic carbocycles. The highest BCUT2D eigenvalue weighted by Gasteiger charge is 2.12. The van der Waals surface area contributed by atoms with Crippen LogP contribution in [-0.4, -0.2) is 26.5 Å². The summed E-state index contributed by atoms with van der Waals surface area (Å²) in [5, 5.41) is 2.96. The van der Waals surface area contributed by atoms with Gasteiger partial charge in [0.25, 0.3) is 5.56 Å². The molecular weight excluding hydrogens is 314 g/mol. The molecule has 122 valence electrons. The molecule has 0 aliphatic rings.